The highest BCUT2D eigenvalue weighted by Crippen LogP contribution is 2.55. The molecule has 1 unspecified atom stereocenters. The normalized spacial score (nSPS) is 24.6. The zero-order valence-corrected chi connectivity index (χ0v) is 34.8. The maximum Gasteiger partial charge on any atom is 0.255 e. The summed E-state index contributed by atoms with van der Waals surface area (Å²) in [6.45, 7) is 13.9. The van der Waals surface area contributed by atoms with Crippen molar-refractivity contribution in [2.75, 3.05) is 32.2 Å². The van der Waals surface area contributed by atoms with Crippen LogP contribution in [0, 0.1) is 22.2 Å². The highest BCUT2D eigenvalue weighted by atomic mass is 16.5. The van der Waals surface area contributed by atoms with Gasteiger partial charge in [0.15, 0.2) is 0 Å². The molecule has 4 fully saturated rings. The summed E-state index contributed by atoms with van der Waals surface area (Å²) in [5.74, 6) is 1.32. The standard InChI is InChI=1S/C46H55N5O8/c1-27-8-17-37(42(54)48-27)49-41(53)36-16-15-32(25-39(36)56-7)58-35-22-34(23-35)57-31-18-20-51(21-19-31)30-12-9-28(10-13-30)40(52)50-43-45(2,3)44(46(43,4)5)59-33-14-11-29(26-47)38(24-33)55-6/h9-16,24-25,31,34-35,37,43-44H,1,8,17-23H2,2-7H3,(H,48,54)(H,49,53)(H,50,52). The van der Waals surface area contributed by atoms with Gasteiger partial charge in [-0.2, -0.15) is 5.26 Å². The van der Waals surface area contributed by atoms with Crippen LogP contribution in [0.15, 0.2) is 72.9 Å². The lowest BCUT2D eigenvalue weighted by Crippen LogP contribution is -2.74. The van der Waals surface area contributed by atoms with E-state index in [0.717, 1.165) is 44.5 Å². The first-order valence-corrected chi connectivity index (χ1v) is 20.4. The maximum absolute atomic E-state index is 13.5. The Bertz CT molecular complexity index is 2100. The minimum Gasteiger partial charge on any atom is -0.496 e. The molecule has 2 saturated carbocycles. The second-order valence-electron chi connectivity index (χ2n) is 17.2. The second kappa shape index (κ2) is 16.9. The van der Waals surface area contributed by atoms with E-state index in [9.17, 15) is 19.6 Å². The van der Waals surface area contributed by atoms with Crippen LogP contribution in [0.4, 0.5) is 5.69 Å². The van der Waals surface area contributed by atoms with Crippen LogP contribution >= 0.6 is 0 Å². The molecule has 0 aromatic heterocycles. The van der Waals surface area contributed by atoms with E-state index in [1.165, 1.54) is 14.2 Å². The van der Waals surface area contributed by atoms with Crippen molar-refractivity contribution in [1.29, 1.82) is 5.26 Å². The Hall–Kier alpha value is -5.74. The first-order chi connectivity index (χ1) is 28.2. The third-order valence-corrected chi connectivity index (χ3v) is 12.4. The number of nitrogens with one attached hydrogen (secondary N) is 3. The summed E-state index contributed by atoms with van der Waals surface area (Å²) in [6.07, 6.45) is 4.63. The van der Waals surface area contributed by atoms with Gasteiger partial charge in [-0.15, -0.1) is 0 Å². The summed E-state index contributed by atoms with van der Waals surface area (Å²) < 4.78 is 30.0. The predicted molar refractivity (Wildman–Crippen MR) is 222 cm³/mol. The average Bonchev–Trinajstić information content (AvgIpc) is 3.21. The number of nitriles is 1. The molecule has 13 heteroatoms. The Labute approximate surface area is 346 Å². The molecule has 312 valence electrons. The van der Waals surface area contributed by atoms with E-state index >= 15 is 0 Å². The highest BCUT2D eigenvalue weighted by Gasteiger charge is 2.64. The molecule has 0 spiro atoms. The van der Waals surface area contributed by atoms with Crippen LogP contribution in [0.3, 0.4) is 0 Å². The third-order valence-electron chi connectivity index (χ3n) is 12.4. The van der Waals surface area contributed by atoms with E-state index in [1.54, 1.807) is 36.4 Å². The molecule has 2 heterocycles. The van der Waals surface area contributed by atoms with Gasteiger partial charge in [0.1, 0.15) is 47.3 Å². The number of nitrogens with zero attached hydrogens (tertiary/aromatic N) is 2. The molecule has 2 saturated heterocycles. The van der Waals surface area contributed by atoms with Gasteiger partial charge in [-0.05, 0) is 74.2 Å². The van der Waals surface area contributed by atoms with Crippen molar-refractivity contribution in [2.24, 2.45) is 10.8 Å². The molecule has 3 amide bonds. The Balaban J connectivity index is 0.836. The van der Waals surface area contributed by atoms with Crippen molar-refractivity contribution >= 4 is 23.4 Å². The Morgan fingerprint density at radius 3 is 2.10 bits per heavy atom. The highest BCUT2D eigenvalue weighted by molar-refractivity contribution is 6.00. The Morgan fingerprint density at radius 2 is 1.46 bits per heavy atom. The van der Waals surface area contributed by atoms with Crippen LogP contribution in [0.5, 0.6) is 23.0 Å². The number of benzene rings is 3. The molecule has 2 aliphatic carbocycles. The topological polar surface area (TPSA) is 160 Å². The molecule has 4 aliphatic rings. The molecule has 2 aliphatic heterocycles. The molecule has 3 aromatic rings. The van der Waals surface area contributed by atoms with Gasteiger partial charge in [0, 0.05) is 71.9 Å². The Kier molecular flexibility index (Phi) is 11.8. The molecule has 3 N–H and O–H groups in total. The van der Waals surface area contributed by atoms with Gasteiger partial charge in [-0.25, -0.2) is 0 Å². The van der Waals surface area contributed by atoms with Crippen LogP contribution < -0.4 is 39.8 Å². The molecule has 59 heavy (non-hydrogen) atoms. The molecule has 0 bridgehead atoms. The fourth-order valence-electron chi connectivity index (χ4n) is 9.33. The third kappa shape index (κ3) is 8.69. The van der Waals surface area contributed by atoms with Crippen molar-refractivity contribution in [3.63, 3.8) is 0 Å². The number of methoxy groups -OCH3 is 2. The fraction of sp³-hybridized carbons (Fsp3) is 0.478. The number of hydrogen-bond acceptors (Lipinski definition) is 10. The molecule has 1 atom stereocenters. The van der Waals surface area contributed by atoms with Gasteiger partial charge < -0.3 is 44.5 Å². The van der Waals surface area contributed by atoms with E-state index in [-0.39, 0.29) is 59.0 Å². The Morgan fingerprint density at radius 1 is 0.814 bits per heavy atom. The van der Waals surface area contributed by atoms with Gasteiger partial charge in [-0.1, -0.05) is 34.3 Å². The van der Waals surface area contributed by atoms with Crippen molar-refractivity contribution in [3.05, 3.63) is 89.6 Å². The lowest BCUT2D eigenvalue weighted by Gasteiger charge is -2.63. The lowest BCUT2D eigenvalue weighted by atomic mass is 9.49. The second-order valence-corrected chi connectivity index (χ2v) is 17.2. The van der Waals surface area contributed by atoms with Crippen LogP contribution in [-0.2, 0) is 9.53 Å². The number of rotatable bonds is 13. The number of amides is 3. The summed E-state index contributed by atoms with van der Waals surface area (Å²) in [5.41, 5.74) is 2.42. The fourth-order valence-corrected chi connectivity index (χ4v) is 9.33. The van der Waals surface area contributed by atoms with Crippen LogP contribution in [0.25, 0.3) is 0 Å². The number of hydrogen-bond donors (Lipinski definition) is 3. The number of anilines is 1. The van der Waals surface area contributed by atoms with Crippen LogP contribution in [-0.4, -0.2) is 81.5 Å². The van der Waals surface area contributed by atoms with Crippen LogP contribution in [0.1, 0.15) is 92.5 Å². The summed E-state index contributed by atoms with van der Waals surface area (Å²) in [7, 11) is 3.04. The van der Waals surface area contributed by atoms with Gasteiger partial charge in [0.05, 0.1) is 37.6 Å². The summed E-state index contributed by atoms with van der Waals surface area (Å²) in [5, 5.41) is 18.1. The number of carbonyl (C=O) groups is 3. The van der Waals surface area contributed by atoms with Crippen LogP contribution in [0.2, 0.25) is 0 Å². The van der Waals surface area contributed by atoms with Gasteiger partial charge in [0.25, 0.3) is 11.8 Å². The monoisotopic (exact) mass is 805 g/mol. The molecule has 7 rings (SSSR count). The quantitative estimate of drug-likeness (QED) is 0.179. The lowest BCUT2D eigenvalue weighted by molar-refractivity contribution is -0.164. The molecule has 13 nitrogen and oxygen atoms in total. The van der Waals surface area contributed by atoms with Crippen molar-refractivity contribution in [2.45, 2.75) is 103 Å². The van der Waals surface area contributed by atoms with Gasteiger partial charge in [0.2, 0.25) is 5.91 Å². The van der Waals surface area contributed by atoms with E-state index in [2.05, 4.69) is 61.2 Å². The first kappa shape index (κ1) is 41.4. The number of carbonyl (C=O) groups excluding carboxylic acids is 3. The van der Waals surface area contributed by atoms with Crippen molar-refractivity contribution in [1.82, 2.24) is 16.0 Å². The minimum absolute atomic E-state index is 0.00828. The molecule has 0 radical (unpaired) electrons. The van der Waals surface area contributed by atoms with E-state index in [0.29, 0.717) is 58.2 Å². The largest absolute Gasteiger partial charge is 0.496 e. The predicted octanol–water partition coefficient (Wildman–Crippen LogP) is 6.30. The number of allylic oxidation sites excluding steroid dienone is 1. The summed E-state index contributed by atoms with van der Waals surface area (Å²) in [6, 6.07) is 19.5. The SMILES string of the molecule is C=C1CCC(NC(=O)c2ccc(OC3CC(OC4CCN(c5ccc(C(=O)NC6C(C)(C)C(Oc7ccc(C#N)c(OC)c7)C6(C)C)cc5)CC4)C3)cc2OC)C(=O)N1. The maximum atomic E-state index is 13.5. The summed E-state index contributed by atoms with van der Waals surface area (Å²) >= 11 is 0. The zero-order chi connectivity index (χ0) is 42.1. The van der Waals surface area contributed by atoms with Crippen molar-refractivity contribution in [3.8, 4) is 29.1 Å². The molecule has 3 aromatic carbocycles. The zero-order valence-electron chi connectivity index (χ0n) is 34.8. The van der Waals surface area contributed by atoms with E-state index in [4.69, 9.17) is 23.7 Å². The summed E-state index contributed by atoms with van der Waals surface area (Å²) in [4.78, 5) is 41.1. The van der Waals surface area contributed by atoms with Gasteiger partial charge in [-0.3, -0.25) is 14.4 Å². The molecular formula is C46H55N5O8. The average molecular weight is 806 g/mol. The van der Waals surface area contributed by atoms with E-state index in [1.807, 2.05) is 24.3 Å². The number of piperidine rings is 2. The van der Waals surface area contributed by atoms with Gasteiger partial charge >= 0.3 is 0 Å². The van der Waals surface area contributed by atoms with Crippen molar-refractivity contribution < 1.29 is 38.1 Å². The smallest absolute Gasteiger partial charge is 0.255 e. The van der Waals surface area contributed by atoms with E-state index < -0.39 is 6.04 Å². The molecular weight excluding hydrogens is 751 g/mol. The first-order valence-electron chi connectivity index (χ1n) is 20.4. The number of ether oxygens (including phenoxy) is 5. The minimum atomic E-state index is -0.621.